The van der Waals surface area contributed by atoms with Gasteiger partial charge in [0, 0.05) is 12.6 Å². The van der Waals surface area contributed by atoms with E-state index in [1.54, 1.807) is 0 Å². The van der Waals surface area contributed by atoms with E-state index in [1.165, 1.54) is 19.3 Å². The molecule has 0 aliphatic rings. The van der Waals surface area contributed by atoms with Gasteiger partial charge in [-0.15, -0.1) is 0 Å². The van der Waals surface area contributed by atoms with Gasteiger partial charge in [0.05, 0.1) is 5.82 Å². The maximum atomic E-state index is 3.94. The van der Waals surface area contributed by atoms with Gasteiger partial charge < -0.3 is 10.6 Å². The van der Waals surface area contributed by atoms with Gasteiger partial charge in [0.15, 0.2) is 0 Å². The zero-order valence-corrected chi connectivity index (χ0v) is 9.32. The zero-order valence-electron chi connectivity index (χ0n) is 9.32. The second kappa shape index (κ2) is 7.96. The summed E-state index contributed by atoms with van der Waals surface area (Å²) >= 11 is 0. The lowest BCUT2D eigenvalue weighted by Crippen LogP contribution is -2.34. The van der Waals surface area contributed by atoms with Crippen molar-refractivity contribution < 1.29 is 0 Å². The predicted octanol–water partition coefficient (Wildman–Crippen LogP) is 2.63. The lowest BCUT2D eigenvalue weighted by atomic mass is 10.1. The third kappa shape index (κ3) is 6.50. The van der Waals surface area contributed by atoms with Crippen molar-refractivity contribution in [2.45, 2.75) is 52.5 Å². The molecule has 0 rings (SSSR count). The molecule has 1 atom stereocenters. The molecule has 2 heteroatoms. The van der Waals surface area contributed by atoms with E-state index < -0.39 is 0 Å². The van der Waals surface area contributed by atoms with Crippen molar-refractivity contribution in [3.63, 3.8) is 0 Å². The van der Waals surface area contributed by atoms with Crippen LogP contribution in [0.1, 0.15) is 46.5 Å². The SMILES string of the molecule is C=C(NCCC)NC(CC)CCC. The standard InChI is InChI=1S/C11H24N2/c1-5-8-11(7-3)13-10(4)12-9-6-2/h11-13H,4-9H2,1-3H3. The van der Waals surface area contributed by atoms with Gasteiger partial charge in [-0.1, -0.05) is 33.8 Å². The first kappa shape index (κ1) is 12.3. The summed E-state index contributed by atoms with van der Waals surface area (Å²) in [6.45, 7) is 11.5. The van der Waals surface area contributed by atoms with Crippen LogP contribution in [0, 0.1) is 0 Å². The van der Waals surface area contributed by atoms with E-state index in [4.69, 9.17) is 0 Å². The molecule has 1 unspecified atom stereocenters. The summed E-state index contributed by atoms with van der Waals surface area (Å²) in [5.74, 6) is 0.974. The quantitative estimate of drug-likeness (QED) is 0.606. The van der Waals surface area contributed by atoms with E-state index >= 15 is 0 Å². The first-order valence-electron chi connectivity index (χ1n) is 5.43. The number of nitrogens with one attached hydrogen (secondary N) is 2. The predicted molar refractivity (Wildman–Crippen MR) is 59.6 cm³/mol. The zero-order chi connectivity index (χ0) is 10.1. The third-order valence-corrected chi connectivity index (χ3v) is 2.10. The number of rotatable bonds is 8. The van der Waals surface area contributed by atoms with Crippen LogP contribution in [0.25, 0.3) is 0 Å². The van der Waals surface area contributed by atoms with Gasteiger partial charge in [-0.05, 0) is 19.3 Å². The lowest BCUT2D eigenvalue weighted by molar-refractivity contribution is 0.486. The molecular weight excluding hydrogens is 160 g/mol. The Kier molecular flexibility index (Phi) is 7.56. The van der Waals surface area contributed by atoms with Crippen LogP contribution in [0.3, 0.4) is 0 Å². The molecule has 0 radical (unpaired) electrons. The van der Waals surface area contributed by atoms with Crippen LogP contribution in [0.15, 0.2) is 12.4 Å². The molecule has 0 aromatic heterocycles. The molecule has 0 fully saturated rings. The average molecular weight is 184 g/mol. The summed E-state index contributed by atoms with van der Waals surface area (Å²) in [4.78, 5) is 0. The first-order valence-corrected chi connectivity index (χ1v) is 5.43. The van der Waals surface area contributed by atoms with Crippen LogP contribution in [-0.2, 0) is 0 Å². The Balaban J connectivity index is 3.60. The fourth-order valence-electron chi connectivity index (χ4n) is 1.30. The highest BCUT2D eigenvalue weighted by atomic mass is 15.1. The molecule has 0 spiro atoms. The molecule has 0 aliphatic carbocycles. The third-order valence-electron chi connectivity index (χ3n) is 2.10. The maximum Gasteiger partial charge on any atom is 0.0914 e. The van der Waals surface area contributed by atoms with E-state index in [-0.39, 0.29) is 0 Å². The molecule has 0 aromatic carbocycles. The molecule has 2 N–H and O–H groups in total. The topological polar surface area (TPSA) is 24.1 Å². The Morgan fingerprint density at radius 3 is 2.38 bits per heavy atom. The van der Waals surface area contributed by atoms with E-state index in [9.17, 15) is 0 Å². The molecule has 0 aromatic rings. The molecule has 0 aliphatic heterocycles. The highest BCUT2D eigenvalue weighted by Crippen LogP contribution is 2.01. The maximum absolute atomic E-state index is 3.94. The van der Waals surface area contributed by atoms with Crippen LogP contribution in [0.4, 0.5) is 0 Å². The van der Waals surface area contributed by atoms with Crippen LogP contribution in [0.2, 0.25) is 0 Å². The molecule has 0 heterocycles. The largest absolute Gasteiger partial charge is 0.372 e. The van der Waals surface area contributed by atoms with Crippen molar-refractivity contribution in [3.8, 4) is 0 Å². The van der Waals surface area contributed by atoms with Crippen LogP contribution in [0.5, 0.6) is 0 Å². The Bertz CT molecular complexity index is 132. The fraction of sp³-hybridized carbons (Fsp3) is 0.818. The van der Waals surface area contributed by atoms with E-state index in [0.717, 1.165) is 18.8 Å². The highest BCUT2D eigenvalue weighted by Gasteiger charge is 2.03. The molecule has 0 amide bonds. The minimum absolute atomic E-state index is 0.585. The molecule has 0 saturated heterocycles. The van der Waals surface area contributed by atoms with Gasteiger partial charge in [-0.25, -0.2) is 0 Å². The van der Waals surface area contributed by atoms with Gasteiger partial charge in [-0.3, -0.25) is 0 Å². The summed E-state index contributed by atoms with van der Waals surface area (Å²) in [5, 5.41) is 6.65. The smallest absolute Gasteiger partial charge is 0.0914 e. The summed E-state index contributed by atoms with van der Waals surface area (Å²) in [6.07, 6.45) is 4.77. The van der Waals surface area contributed by atoms with Crippen LogP contribution >= 0.6 is 0 Å². The highest BCUT2D eigenvalue weighted by molar-refractivity contribution is 4.90. The van der Waals surface area contributed by atoms with Crippen molar-refractivity contribution in [3.05, 3.63) is 12.4 Å². The van der Waals surface area contributed by atoms with Gasteiger partial charge in [0.25, 0.3) is 0 Å². The Labute approximate surface area is 82.8 Å². The molecule has 13 heavy (non-hydrogen) atoms. The van der Waals surface area contributed by atoms with Crippen molar-refractivity contribution in [1.82, 2.24) is 10.6 Å². The van der Waals surface area contributed by atoms with Gasteiger partial charge in [0.2, 0.25) is 0 Å². The monoisotopic (exact) mass is 184 g/mol. The van der Waals surface area contributed by atoms with Crippen molar-refractivity contribution >= 4 is 0 Å². The normalized spacial score (nSPS) is 12.2. The molecule has 0 saturated carbocycles. The summed E-state index contributed by atoms with van der Waals surface area (Å²) in [6, 6.07) is 0.585. The van der Waals surface area contributed by atoms with Gasteiger partial charge >= 0.3 is 0 Å². The van der Waals surface area contributed by atoms with Crippen molar-refractivity contribution in [1.29, 1.82) is 0 Å². The first-order chi connectivity index (χ1) is 6.24. The molecule has 0 bridgehead atoms. The molecule has 2 nitrogen and oxygen atoms in total. The Morgan fingerprint density at radius 1 is 1.23 bits per heavy atom. The summed E-state index contributed by atoms with van der Waals surface area (Å²) < 4.78 is 0. The fourth-order valence-corrected chi connectivity index (χ4v) is 1.30. The van der Waals surface area contributed by atoms with Crippen molar-refractivity contribution in [2.75, 3.05) is 6.54 Å². The van der Waals surface area contributed by atoms with Crippen molar-refractivity contribution in [2.24, 2.45) is 0 Å². The average Bonchev–Trinajstić information content (AvgIpc) is 2.14. The second-order valence-corrected chi connectivity index (χ2v) is 3.44. The number of hydrogen-bond acceptors (Lipinski definition) is 2. The van der Waals surface area contributed by atoms with Gasteiger partial charge in [0.1, 0.15) is 0 Å². The van der Waals surface area contributed by atoms with Crippen LogP contribution in [-0.4, -0.2) is 12.6 Å². The summed E-state index contributed by atoms with van der Waals surface area (Å²) in [5.41, 5.74) is 0. The van der Waals surface area contributed by atoms with E-state index in [2.05, 4.69) is 38.0 Å². The minimum Gasteiger partial charge on any atom is -0.372 e. The molecular formula is C11H24N2. The lowest BCUT2D eigenvalue weighted by Gasteiger charge is -2.19. The van der Waals surface area contributed by atoms with E-state index in [1.807, 2.05) is 0 Å². The Hall–Kier alpha value is -0.660. The second-order valence-electron chi connectivity index (χ2n) is 3.44. The minimum atomic E-state index is 0.585. The Morgan fingerprint density at radius 2 is 1.92 bits per heavy atom. The van der Waals surface area contributed by atoms with Crippen LogP contribution < -0.4 is 10.6 Å². The summed E-state index contributed by atoms with van der Waals surface area (Å²) in [7, 11) is 0. The molecule has 78 valence electrons. The van der Waals surface area contributed by atoms with E-state index in [0.29, 0.717) is 6.04 Å². The van der Waals surface area contributed by atoms with Gasteiger partial charge in [-0.2, -0.15) is 0 Å². The number of hydrogen-bond donors (Lipinski definition) is 2.